The van der Waals surface area contributed by atoms with Crippen molar-refractivity contribution < 1.29 is 19.3 Å². The van der Waals surface area contributed by atoms with E-state index in [1.54, 1.807) is 0 Å². The molecule has 2 heterocycles. The number of aliphatic hydroxyl groups is 1. The molecule has 0 aliphatic carbocycles. The van der Waals surface area contributed by atoms with E-state index in [1.807, 2.05) is 6.92 Å². The molecule has 4 heteroatoms. The van der Waals surface area contributed by atoms with Crippen LogP contribution in [0.4, 0.5) is 0 Å². The highest BCUT2D eigenvalue weighted by Crippen LogP contribution is 2.28. The average Bonchev–Trinajstić information content (AvgIpc) is 2.58. The lowest BCUT2D eigenvalue weighted by atomic mass is 10.1. The molecule has 2 fully saturated rings. The van der Waals surface area contributed by atoms with Gasteiger partial charge in [-0.2, -0.15) is 0 Å². The largest absolute Gasteiger partial charge is 0.388 e. The lowest BCUT2D eigenvalue weighted by Gasteiger charge is -2.14. The zero-order chi connectivity index (χ0) is 8.55. The summed E-state index contributed by atoms with van der Waals surface area (Å²) < 4.78 is 16.1. The SMILES string of the molecule is CCO[C@H]1CO[C@H]2[C@@H]1OC[C@H]2O. The number of ether oxygens (including phenoxy) is 3. The van der Waals surface area contributed by atoms with Gasteiger partial charge in [-0.1, -0.05) is 0 Å². The molecule has 12 heavy (non-hydrogen) atoms. The number of aliphatic hydroxyl groups excluding tert-OH is 1. The molecule has 2 aliphatic heterocycles. The molecule has 70 valence electrons. The highest BCUT2D eigenvalue weighted by Gasteiger charge is 2.47. The van der Waals surface area contributed by atoms with Crippen LogP contribution in [0.15, 0.2) is 0 Å². The van der Waals surface area contributed by atoms with E-state index in [1.165, 1.54) is 0 Å². The second-order valence-corrected chi connectivity index (χ2v) is 3.16. The third-order valence-electron chi connectivity index (χ3n) is 2.36. The van der Waals surface area contributed by atoms with Crippen LogP contribution in [0, 0.1) is 0 Å². The van der Waals surface area contributed by atoms with Gasteiger partial charge >= 0.3 is 0 Å². The summed E-state index contributed by atoms with van der Waals surface area (Å²) in [5, 5.41) is 9.38. The van der Waals surface area contributed by atoms with Crippen LogP contribution in [0.5, 0.6) is 0 Å². The van der Waals surface area contributed by atoms with Crippen molar-refractivity contribution in [3.63, 3.8) is 0 Å². The van der Waals surface area contributed by atoms with Gasteiger partial charge in [0.15, 0.2) is 0 Å². The minimum atomic E-state index is -0.472. The van der Waals surface area contributed by atoms with Crippen molar-refractivity contribution in [3.05, 3.63) is 0 Å². The number of hydrogen-bond donors (Lipinski definition) is 1. The van der Waals surface area contributed by atoms with E-state index < -0.39 is 6.10 Å². The summed E-state index contributed by atoms with van der Waals surface area (Å²) in [6.45, 7) is 3.52. The molecule has 0 unspecified atom stereocenters. The normalized spacial score (nSPS) is 46.5. The maximum Gasteiger partial charge on any atom is 0.115 e. The van der Waals surface area contributed by atoms with Gasteiger partial charge in [-0.3, -0.25) is 0 Å². The second kappa shape index (κ2) is 3.30. The van der Waals surface area contributed by atoms with Crippen LogP contribution >= 0.6 is 0 Å². The minimum absolute atomic E-state index is 0.0112. The predicted molar refractivity (Wildman–Crippen MR) is 40.9 cm³/mol. The maximum atomic E-state index is 9.38. The highest BCUT2D eigenvalue weighted by atomic mass is 16.6. The van der Waals surface area contributed by atoms with Gasteiger partial charge in [0.1, 0.15) is 24.4 Å². The molecule has 0 amide bonds. The third kappa shape index (κ3) is 1.25. The monoisotopic (exact) mass is 174 g/mol. The topological polar surface area (TPSA) is 47.9 Å². The Morgan fingerprint density at radius 2 is 2.08 bits per heavy atom. The lowest BCUT2D eigenvalue weighted by Crippen LogP contribution is -2.32. The van der Waals surface area contributed by atoms with Gasteiger partial charge in [0, 0.05) is 6.61 Å². The quantitative estimate of drug-likeness (QED) is 0.616. The van der Waals surface area contributed by atoms with Crippen LogP contribution in [0.2, 0.25) is 0 Å². The molecule has 2 rings (SSSR count). The predicted octanol–water partition coefficient (Wildman–Crippen LogP) is -0.450. The Bertz CT molecular complexity index is 161. The van der Waals surface area contributed by atoms with E-state index in [2.05, 4.69) is 0 Å². The van der Waals surface area contributed by atoms with Gasteiger partial charge in [-0.15, -0.1) is 0 Å². The van der Waals surface area contributed by atoms with Gasteiger partial charge in [-0.25, -0.2) is 0 Å². The first-order valence-electron chi connectivity index (χ1n) is 4.35. The number of rotatable bonds is 2. The highest BCUT2D eigenvalue weighted by molar-refractivity contribution is 4.94. The van der Waals surface area contributed by atoms with Crippen molar-refractivity contribution in [2.24, 2.45) is 0 Å². The Balaban J connectivity index is 1.96. The fourth-order valence-electron chi connectivity index (χ4n) is 1.80. The van der Waals surface area contributed by atoms with Crippen LogP contribution < -0.4 is 0 Å². The van der Waals surface area contributed by atoms with Crippen molar-refractivity contribution in [1.29, 1.82) is 0 Å². The Hall–Kier alpha value is -0.160. The third-order valence-corrected chi connectivity index (χ3v) is 2.36. The fraction of sp³-hybridized carbons (Fsp3) is 1.00. The Morgan fingerprint density at radius 3 is 2.83 bits per heavy atom. The van der Waals surface area contributed by atoms with Gasteiger partial charge in [0.25, 0.3) is 0 Å². The molecule has 2 saturated heterocycles. The number of fused-ring (bicyclic) bond motifs is 1. The van der Waals surface area contributed by atoms with E-state index in [9.17, 15) is 5.11 Å². The summed E-state index contributed by atoms with van der Waals surface area (Å²) in [6.07, 6.45) is -0.681. The van der Waals surface area contributed by atoms with Crippen molar-refractivity contribution in [3.8, 4) is 0 Å². The van der Waals surface area contributed by atoms with Gasteiger partial charge in [-0.05, 0) is 6.92 Å². The molecular formula is C8H14O4. The summed E-state index contributed by atoms with van der Waals surface area (Å²) in [4.78, 5) is 0. The van der Waals surface area contributed by atoms with Crippen LogP contribution in [0.25, 0.3) is 0 Å². The Morgan fingerprint density at radius 1 is 1.33 bits per heavy atom. The molecule has 2 aliphatic rings. The molecule has 0 spiro atoms. The molecule has 0 bridgehead atoms. The van der Waals surface area contributed by atoms with Crippen molar-refractivity contribution in [1.82, 2.24) is 0 Å². The molecule has 0 aromatic carbocycles. The zero-order valence-electron chi connectivity index (χ0n) is 7.10. The van der Waals surface area contributed by atoms with E-state index >= 15 is 0 Å². The summed E-state index contributed by atoms with van der Waals surface area (Å²) in [7, 11) is 0. The van der Waals surface area contributed by atoms with E-state index in [4.69, 9.17) is 14.2 Å². The van der Waals surface area contributed by atoms with Crippen molar-refractivity contribution >= 4 is 0 Å². The van der Waals surface area contributed by atoms with Crippen LogP contribution in [-0.2, 0) is 14.2 Å². The lowest BCUT2D eigenvalue weighted by molar-refractivity contribution is -0.0327. The molecule has 4 nitrogen and oxygen atoms in total. The Kier molecular flexibility index (Phi) is 2.32. The van der Waals surface area contributed by atoms with Crippen LogP contribution in [-0.4, -0.2) is 49.3 Å². The van der Waals surface area contributed by atoms with E-state index in [-0.39, 0.29) is 18.3 Å². The first-order valence-corrected chi connectivity index (χ1v) is 4.35. The van der Waals surface area contributed by atoms with Crippen LogP contribution in [0.3, 0.4) is 0 Å². The zero-order valence-corrected chi connectivity index (χ0v) is 7.10. The van der Waals surface area contributed by atoms with Crippen molar-refractivity contribution in [2.75, 3.05) is 19.8 Å². The molecule has 0 saturated carbocycles. The molecular weight excluding hydrogens is 160 g/mol. The molecule has 0 radical (unpaired) electrons. The summed E-state index contributed by atoms with van der Waals surface area (Å²) in [5.74, 6) is 0. The summed E-state index contributed by atoms with van der Waals surface area (Å²) in [5.41, 5.74) is 0. The second-order valence-electron chi connectivity index (χ2n) is 3.16. The minimum Gasteiger partial charge on any atom is -0.388 e. The standard InChI is InChI=1S/C8H14O4/c1-2-10-6-4-12-7-5(9)3-11-8(6)7/h5-9H,2-4H2,1H3/t5-,6+,7-,8-/m1/s1. The van der Waals surface area contributed by atoms with Gasteiger partial charge < -0.3 is 19.3 Å². The average molecular weight is 174 g/mol. The van der Waals surface area contributed by atoms with Crippen molar-refractivity contribution in [2.45, 2.75) is 31.3 Å². The van der Waals surface area contributed by atoms with E-state index in [0.717, 1.165) is 0 Å². The Labute approximate surface area is 71.4 Å². The number of hydrogen-bond acceptors (Lipinski definition) is 4. The first-order chi connectivity index (χ1) is 5.83. The summed E-state index contributed by atoms with van der Waals surface area (Å²) >= 11 is 0. The van der Waals surface area contributed by atoms with Gasteiger partial charge in [0.2, 0.25) is 0 Å². The van der Waals surface area contributed by atoms with Crippen LogP contribution in [0.1, 0.15) is 6.92 Å². The molecule has 0 aromatic heterocycles. The first kappa shape index (κ1) is 8.44. The molecule has 4 atom stereocenters. The molecule has 1 N–H and O–H groups in total. The van der Waals surface area contributed by atoms with Gasteiger partial charge in [0.05, 0.1) is 13.2 Å². The maximum absolute atomic E-state index is 9.38. The smallest absolute Gasteiger partial charge is 0.115 e. The molecule has 0 aromatic rings. The van der Waals surface area contributed by atoms with E-state index in [0.29, 0.717) is 19.8 Å². The fourth-order valence-corrected chi connectivity index (χ4v) is 1.80. The summed E-state index contributed by atoms with van der Waals surface area (Å²) in [6, 6.07) is 0.